The molecular weight excluding hydrogens is 354 g/mol. The Morgan fingerprint density at radius 2 is 1.89 bits per heavy atom. The number of aromatic amines is 1. The second-order valence-corrected chi connectivity index (χ2v) is 7.30. The number of amides is 1. The number of carbonyl (C=O) groups is 2. The Bertz CT molecular complexity index is 821. The minimum atomic E-state index is -0.387. The van der Waals surface area contributed by atoms with Crippen LogP contribution in [0.1, 0.15) is 58.3 Å². The minimum absolute atomic E-state index is 0.0279. The molecular formula is C22H29N3O3. The van der Waals surface area contributed by atoms with E-state index in [1.807, 2.05) is 36.9 Å². The number of hydrogen-bond acceptors (Lipinski definition) is 4. The number of ether oxygens (including phenoxy) is 1. The van der Waals surface area contributed by atoms with Crippen molar-refractivity contribution in [2.45, 2.75) is 45.6 Å². The van der Waals surface area contributed by atoms with E-state index in [0.29, 0.717) is 42.5 Å². The maximum atomic E-state index is 13.2. The molecule has 6 heteroatoms. The summed E-state index contributed by atoms with van der Waals surface area (Å²) in [4.78, 5) is 30.4. The summed E-state index contributed by atoms with van der Waals surface area (Å²) in [5.74, 6) is -0.415. The lowest BCUT2D eigenvalue weighted by Gasteiger charge is -2.33. The van der Waals surface area contributed by atoms with Crippen LogP contribution in [0, 0.1) is 6.92 Å². The summed E-state index contributed by atoms with van der Waals surface area (Å²) in [6.45, 7) is 5.25. The Labute approximate surface area is 166 Å². The second-order valence-electron chi connectivity index (χ2n) is 7.30. The van der Waals surface area contributed by atoms with Crippen LogP contribution < -0.4 is 5.32 Å². The van der Waals surface area contributed by atoms with Crippen LogP contribution in [0.3, 0.4) is 0 Å². The highest BCUT2D eigenvalue weighted by atomic mass is 16.5. The summed E-state index contributed by atoms with van der Waals surface area (Å²) in [7, 11) is 1.37. The van der Waals surface area contributed by atoms with Gasteiger partial charge in [-0.15, -0.1) is 0 Å². The van der Waals surface area contributed by atoms with E-state index in [2.05, 4.69) is 22.4 Å². The van der Waals surface area contributed by atoms with Gasteiger partial charge in [0.05, 0.1) is 12.7 Å². The molecule has 28 heavy (non-hydrogen) atoms. The molecule has 1 saturated heterocycles. The van der Waals surface area contributed by atoms with Crippen molar-refractivity contribution in [3.63, 3.8) is 0 Å². The van der Waals surface area contributed by atoms with Gasteiger partial charge >= 0.3 is 5.97 Å². The van der Waals surface area contributed by atoms with Crippen molar-refractivity contribution in [1.29, 1.82) is 0 Å². The zero-order valence-electron chi connectivity index (χ0n) is 16.9. The van der Waals surface area contributed by atoms with Crippen molar-refractivity contribution in [3.05, 3.63) is 52.8 Å². The molecule has 0 spiro atoms. The molecule has 0 bridgehead atoms. The third kappa shape index (κ3) is 4.21. The van der Waals surface area contributed by atoms with Crippen molar-refractivity contribution in [2.75, 3.05) is 25.5 Å². The molecule has 0 unspecified atom stereocenters. The quantitative estimate of drug-likeness (QED) is 0.745. The largest absolute Gasteiger partial charge is 0.465 e. The van der Waals surface area contributed by atoms with Crippen molar-refractivity contribution in [1.82, 2.24) is 9.88 Å². The molecule has 2 heterocycles. The molecule has 0 aliphatic carbocycles. The summed E-state index contributed by atoms with van der Waals surface area (Å²) in [5, 5.41) is 3.54. The van der Waals surface area contributed by atoms with Crippen LogP contribution in [0.5, 0.6) is 0 Å². The molecule has 150 valence electrons. The zero-order valence-corrected chi connectivity index (χ0v) is 16.9. The van der Waals surface area contributed by atoms with Gasteiger partial charge in [0.25, 0.3) is 5.91 Å². The zero-order chi connectivity index (χ0) is 20.1. The van der Waals surface area contributed by atoms with E-state index in [4.69, 9.17) is 4.74 Å². The Morgan fingerprint density at radius 1 is 1.21 bits per heavy atom. The fraction of sp³-hybridized carbons (Fsp3) is 0.455. The molecule has 1 aromatic carbocycles. The lowest BCUT2D eigenvalue weighted by molar-refractivity contribution is 0.0599. The maximum Gasteiger partial charge on any atom is 0.339 e. The molecule has 0 saturated carbocycles. The van der Waals surface area contributed by atoms with Crippen LogP contribution in [0.2, 0.25) is 0 Å². The molecule has 0 radical (unpaired) electrons. The lowest BCUT2D eigenvalue weighted by Crippen LogP contribution is -2.42. The molecule has 1 aliphatic rings. The van der Waals surface area contributed by atoms with Gasteiger partial charge < -0.3 is 19.9 Å². The molecule has 1 aliphatic heterocycles. The Morgan fingerprint density at radius 3 is 2.50 bits per heavy atom. The van der Waals surface area contributed by atoms with Crippen molar-refractivity contribution < 1.29 is 14.3 Å². The van der Waals surface area contributed by atoms with E-state index in [1.54, 1.807) is 0 Å². The summed E-state index contributed by atoms with van der Waals surface area (Å²) in [5.41, 5.74) is 3.63. The Hall–Kier alpha value is -2.76. The first-order chi connectivity index (χ1) is 13.5. The number of carbonyl (C=O) groups excluding carboxylic acids is 2. The number of piperidine rings is 1. The molecule has 6 nitrogen and oxygen atoms in total. The van der Waals surface area contributed by atoms with Gasteiger partial charge in [-0.05, 0) is 43.9 Å². The van der Waals surface area contributed by atoms with Crippen LogP contribution in [0.4, 0.5) is 5.69 Å². The normalized spacial score (nSPS) is 14.8. The Kier molecular flexibility index (Phi) is 6.39. The van der Waals surface area contributed by atoms with Crippen molar-refractivity contribution in [2.24, 2.45) is 0 Å². The van der Waals surface area contributed by atoms with E-state index in [9.17, 15) is 9.59 Å². The average molecular weight is 383 g/mol. The van der Waals surface area contributed by atoms with Gasteiger partial charge in [0, 0.05) is 30.5 Å². The van der Waals surface area contributed by atoms with Gasteiger partial charge in [0.2, 0.25) is 0 Å². The first kappa shape index (κ1) is 20.0. The average Bonchev–Trinajstić information content (AvgIpc) is 3.04. The number of aromatic nitrogens is 1. The van der Waals surface area contributed by atoms with Crippen LogP contribution in [-0.2, 0) is 11.2 Å². The van der Waals surface area contributed by atoms with Crippen LogP contribution in [0.15, 0.2) is 30.3 Å². The molecule has 2 N–H and O–H groups in total. The number of rotatable bonds is 6. The van der Waals surface area contributed by atoms with Crippen molar-refractivity contribution >= 4 is 17.6 Å². The Balaban J connectivity index is 1.70. The third-order valence-electron chi connectivity index (χ3n) is 5.32. The van der Waals surface area contributed by atoms with Gasteiger partial charge in [0.1, 0.15) is 5.69 Å². The number of methoxy groups -OCH3 is 1. The summed E-state index contributed by atoms with van der Waals surface area (Å²) >= 11 is 0. The molecule has 3 rings (SSSR count). The third-order valence-corrected chi connectivity index (χ3v) is 5.32. The maximum absolute atomic E-state index is 13.2. The number of esters is 1. The minimum Gasteiger partial charge on any atom is -0.465 e. The number of likely N-dealkylation sites (tertiary alicyclic amines) is 1. The number of para-hydroxylation sites is 1. The fourth-order valence-corrected chi connectivity index (χ4v) is 3.89. The molecule has 1 amide bonds. The van der Waals surface area contributed by atoms with Gasteiger partial charge in [-0.2, -0.15) is 0 Å². The highest BCUT2D eigenvalue weighted by Gasteiger charge is 2.29. The van der Waals surface area contributed by atoms with E-state index in [-0.39, 0.29) is 11.9 Å². The number of nitrogens with zero attached hydrogens (tertiary/aromatic N) is 1. The fourth-order valence-electron chi connectivity index (χ4n) is 3.89. The van der Waals surface area contributed by atoms with Gasteiger partial charge in [-0.3, -0.25) is 4.79 Å². The molecule has 0 atom stereocenters. The van der Waals surface area contributed by atoms with E-state index in [1.165, 1.54) is 7.11 Å². The van der Waals surface area contributed by atoms with E-state index in [0.717, 1.165) is 30.5 Å². The van der Waals surface area contributed by atoms with Crippen LogP contribution in [-0.4, -0.2) is 48.0 Å². The second kappa shape index (κ2) is 8.95. The predicted octanol–water partition coefficient (Wildman–Crippen LogP) is 3.78. The highest BCUT2D eigenvalue weighted by Crippen LogP contribution is 2.25. The predicted molar refractivity (Wildman–Crippen MR) is 110 cm³/mol. The molecule has 2 aromatic rings. The summed E-state index contributed by atoms with van der Waals surface area (Å²) in [6.07, 6.45) is 3.31. The lowest BCUT2D eigenvalue weighted by atomic mass is 10.0. The van der Waals surface area contributed by atoms with Gasteiger partial charge in [-0.25, -0.2) is 4.79 Å². The SMILES string of the molecule is CCCc1c(C(=O)N2CCC(Nc3ccccc3)CC2)[nH]c(C)c1C(=O)OC. The van der Waals surface area contributed by atoms with E-state index < -0.39 is 0 Å². The topological polar surface area (TPSA) is 74.4 Å². The monoisotopic (exact) mass is 383 g/mol. The van der Waals surface area contributed by atoms with Gasteiger partial charge in [-0.1, -0.05) is 31.5 Å². The number of H-pyrrole nitrogens is 1. The smallest absolute Gasteiger partial charge is 0.339 e. The highest BCUT2D eigenvalue weighted by molar-refractivity contribution is 6.00. The first-order valence-corrected chi connectivity index (χ1v) is 9.95. The summed E-state index contributed by atoms with van der Waals surface area (Å²) in [6, 6.07) is 10.5. The van der Waals surface area contributed by atoms with E-state index >= 15 is 0 Å². The van der Waals surface area contributed by atoms with Gasteiger partial charge in [0.15, 0.2) is 0 Å². The standard InChI is InChI=1S/C22H29N3O3/c1-4-8-18-19(22(27)28-3)15(2)23-20(18)21(26)25-13-11-17(12-14-25)24-16-9-6-5-7-10-16/h5-7,9-10,17,23-24H,4,8,11-14H2,1-3H3. The summed E-state index contributed by atoms with van der Waals surface area (Å²) < 4.78 is 4.92. The van der Waals surface area contributed by atoms with Crippen molar-refractivity contribution in [3.8, 4) is 0 Å². The number of benzene rings is 1. The number of anilines is 1. The molecule has 1 fully saturated rings. The number of hydrogen-bond donors (Lipinski definition) is 2. The van der Waals surface area contributed by atoms with Crippen LogP contribution in [0.25, 0.3) is 0 Å². The van der Waals surface area contributed by atoms with Crippen LogP contribution >= 0.6 is 0 Å². The molecule has 1 aromatic heterocycles. The first-order valence-electron chi connectivity index (χ1n) is 9.95. The number of aryl methyl sites for hydroxylation is 1. The number of nitrogens with one attached hydrogen (secondary N) is 2.